The van der Waals surface area contributed by atoms with Crippen molar-refractivity contribution in [2.45, 2.75) is 25.3 Å². The number of ketones is 1. The Morgan fingerprint density at radius 1 is 1.27 bits per heavy atom. The van der Waals surface area contributed by atoms with Gasteiger partial charge in [-0.25, -0.2) is 0 Å². The lowest BCUT2D eigenvalue weighted by Crippen LogP contribution is -2.39. The van der Waals surface area contributed by atoms with Gasteiger partial charge in [0.05, 0.1) is 0 Å². The molecule has 1 aromatic rings. The van der Waals surface area contributed by atoms with E-state index in [2.05, 4.69) is 17.4 Å². The molecule has 1 heterocycles. The van der Waals surface area contributed by atoms with Crippen LogP contribution in [0.4, 0.5) is 0 Å². The Morgan fingerprint density at radius 2 is 2.00 bits per heavy atom. The van der Waals surface area contributed by atoms with Crippen LogP contribution in [-0.2, 0) is 11.2 Å². The molecule has 0 spiro atoms. The van der Waals surface area contributed by atoms with E-state index in [1.807, 2.05) is 18.2 Å². The second-order valence-electron chi connectivity index (χ2n) is 3.83. The Kier molecular flexibility index (Phi) is 4.79. The van der Waals surface area contributed by atoms with Crippen molar-refractivity contribution in [2.24, 2.45) is 0 Å². The molecular weight excluding hydrogens is 210 g/mol. The molecule has 1 unspecified atom stereocenters. The molecule has 0 aromatic heterocycles. The molecule has 0 saturated carbocycles. The second kappa shape index (κ2) is 5.89. The fourth-order valence-electron chi connectivity index (χ4n) is 1.91. The highest BCUT2D eigenvalue weighted by molar-refractivity contribution is 5.85. The summed E-state index contributed by atoms with van der Waals surface area (Å²) in [5, 5.41) is 3.38. The number of nitrogens with one attached hydrogen (secondary N) is 1. The highest BCUT2D eigenvalue weighted by atomic mass is 35.5. The molecule has 2 rings (SSSR count). The molecule has 82 valence electrons. The first kappa shape index (κ1) is 12.2. The van der Waals surface area contributed by atoms with Crippen LogP contribution in [0.15, 0.2) is 30.3 Å². The lowest BCUT2D eigenvalue weighted by atomic mass is 9.97. The lowest BCUT2D eigenvalue weighted by molar-refractivity contribution is -0.120. The lowest BCUT2D eigenvalue weighted by Gasteiger charge is -2.22. The van der Waals surface area contributed by atoms with Crippen LogP contribution in [0.25, 0.3) is 0 Å². The van der Waals surface area contributed by atoms with E-state index in [4.69, 9.17) is 0 Å². The van der Waals surface area contributed by atoms with E-state index >= 15 is 0 Å². The average Bonchev–Trinajstić information content (AvgIpc) is 2.19. The summed E-state index contributed by atoms with van der Waals surface area (Å²) in [4.78, 5) is 11.2. The van der Waals surface area contributed by atoms with Gasteiger partial charge in [-0.15, -0.1) is 12.4 Å². The number of hydrogen-bond donors (Lipinski definition) is 1. The molecule has 1 aliphatic heterocycles. The summed E-state index contributed by atoms with van der Waals surface area (Å²) in [6, 6.07) is 10.7. The minimum atomic E-state index is 0. The van der Waals surface area contributed by atoms with Crippen molar-refractivity contribution in [3.05, 3.63) is 35.9 Å². The van der Waals surface area contributed by atoms with Crippen molar-refractivity contribution in [3.63, 3.8) is 0 Å². The van der Waals surface area contributed by atoms with E-state index in [-0.39, 0.29) is 12.4 Å². The van der Waals surface area contributed by atoms with Crippen LogP contribution >= 0.6 is 12.4 Å². The van der Waals surface area contributed by atoms with Gasteiger partial charge < -0.3 is 5.32 Å². The number of benzene rings is 1. The topological polar surface area (TPSA) is 29.1 Å². The van der Waals surface area contributed by atoms with E-state index in [1.165, 1.54) is 5.56 Å². The molecule has 15 heavy (non-hydrogen) atoms. The minimum Gasteiger partial charge on any atom is -0.313 e. The van der Waals surface area contributed by atoms with Gasteiger partial charge in [0.2, 0.25) is 0 Å². The van der Waals surface area contributed by atoms with Crippen LogP contribution in [0, 0.1) is 0 Å². The summed E-state index contributed by atoms with van der Waals surface area (Å²) in [5.41, 5.74) is 1.31. The van der Waals surface area contributed by atoms with Crippen LogP contribution in [0.2, 0.25) is 0 Å². The number of hydrogen-bond acceptors (Lipinski definition) is 2. The molecule has 0 aliphatic carbocycles. The van der Waals surface area contributed by atoms with Crippen LogP contribution in [0.1, 0.15) is 18.4 Å². The van der Waals surface area contributed by atoms with Gasteiger partial charge in [-0.2, -0.15) is 0 Å². The predicted octanol–water partition coefficient (Wildman–Crippen LogP) is 1.97. The van der Waals surface area contributed by atoms with Crippen LogP contribution in [0.3, 0.4) is 0 Å². The fraction of sp³-hybridized carbons (Fsp3) is 0.417. The highest BCUT2D eigenvalue weighted by Gasteiger charge is 2.18. The normalized spacial score (nSPS) is 20.8. The summed E-state index contributed by atoms with van der Waals surface area (Å²) in [6.45, 7) is 0.844. The van der Waals surface area contributed by atoms with Gasteiger partial charge in [0.1, 0.15) is 5.78 Å². The number of Topliss-reactive ketones (excluding diaryl/α,β-unsaturated/α-hetero) is 1. The summed E-state index contributed by atoms with van der Waals surface area (Å²) >= 11 is 0. The summed E-state index contributed by atoms with van der Waals surface area (Å²) < 4.78 is 0. The van der Waals surface area contributed by atoms with Gasteiger partial charge in [-0.3, -0.25) is 4.79 Å². The molecular formula is C12H16ClNO. The zero-order valence-corrected chi connectivity index (χ0v) is 9.43. The zero-order chi connectivity index (χ0) is 9.80. The number of carbonyl (C=O) groups excluding carboxylic acids is 1. The Balaban J connectivity index is 0.00000112. The van der Waals surface area contributed by atoms with Crippen molar-refractivity contribution in [1.82, 2.24) is 5.32 Å². The molecule has 1 fully saturated rings. The molecule has 1 atom stereocenters. The number of carbonyl (C=O) groups is 1. The molecule has 2 nitrogen and oxygen atoms in total. The Bertz CT molecular complexity index is 313. The van der Waals surface area contributed by atoms with Crippen LogP contribution < -0.4 is 5.32 Å². The maximum Gasteiger partial charge on any atom is 0.135 e. The van der Waals surface area contributed by atoms with Crippen molar-refractivity contribution in [1.29, 1.82) is 0 Å². The molecule has 0 amide bonds. The van der Waals surface area contributed by atoms with Crippen molar-refractivity contribution >= 4 is 18.2 Å². The fourth-order valence-corrected chi connectivity index (χ4v) is 1.91. The van der Waals surface area contributed by atoms with Crippen LogP contribution in [-0.4, -0.2) is 18.4 Å². The van der Waals surface area contributed by atoms with Crippen LogP contribution in [0.5, 0.6) is 0 Å². The molecule has 0 radical (unpaired) electrons. The molecule has 1 aromatic carbocycles. The average molecular weight is 226 g/mol. The second-order valence-corrected chi connectivity index (χ2v) is 3.83. The van der Waals surface area contributed by atoms with E-state index in [0.717, 1.165) is 13.0 Å². The predicted molar refractivity (Wildman–Crippen MR) is 63.4 cm³/mol. The quantitative estimate of drug-likeness (QED) is 0.834. The Labute approximate surface area is 96.5 Å². The number of piperidine rings is 1. The molecule has 1 N–H and O–H groups in total. The van der Waals surface area contributed by atoms with E-state index in [0.29, 0.717) is 24.7 Å². The highest BCUT2D eigenvalue weighted by Crippen LogP contribution is 2.10. The Morgan fingerprint density at radius 3 is 2.67 bits per heavy atom. The first-order valence-electron chi connectivity index (χ1n) is 5.13. The maximum atomic E-state index is 11.2. The molecule has 1 saturated heterocycles. The third-order valence-corrected chi connectivity index (χ3v) is 2.64. The van der Waals surface area contributed by atoms with Crippen molar-refractivity contribution in [3.8, 4) is 0 Å². The van der Waals surface area contributed by atoms with E-state index < -0.39 is 0 Å². The SMILES string of the molecule is Cl.O=C1CCNC(Cc2ccccc2)C1. The zero-order valence-electron chi connectivity index (χ0n) is 8.61. The monoisotopic (exact) mass is 225 g/mol. The van der Waals surface area contributed by atoms with Crippen molar-refractivity contribution in [2.75, 3.05) is 6.54 Å². The van der Waals surface area contributed by atoms with E-state index in [1.54, 1.807) is 0 Å². The molecule has 3 heteroatoms. The smallest absolute Gasteiger partial charge is 0.135 e. The van der Waals surface area contributed by atoms with Gasteiger partial charge in [-0.05, 0) is 12.0 Å². The van der Waals surface area contributed by atoms with Gasteiger partial charge in [0, 0.05) is 25.4 Å². The van der Waals surface area contributed by atoms with E-state index in [9.17, 15) is 4.79 Å². The standard InChI is InChI=1S/C12H15NO.ClH/c14-12-6-7-13-11(9-12)8-10-4-2-1-3-5-10;/h1-5,11,13H,6-9H2;1H. The number of halogens is 1. The van der Waals surface area contributed by atoms with Crippen molar-refractivity contribution < 1.29 is 4.79 Å². The van der Waals surface area contributed by atoms with Gasteiger partial charge in [0.25, 0.3) is 0 Å². The molecule has 0 bridgehead atoms. The van der Waals surface area contributed by atoms with Gasteiger partial charge in [0.15, 0.2) is 0 Å². The summed E-state index contributed by atoms with van der Waals surface area (Å²) in [6.07, 6.45) is 2.35. The number of rotatable bonds is 2. The maximum absolute atomic E-state index is 11.2. The third kappa shape index (κ3) is 3.65. The first-order chi connectivity index (χ1) is 6.84. The minimum absolute atomic E-state index is 0. The molecule has 1 aliphatic rings. The first-order valence-corrected chi connectivity index (χ1v) is 5.13. The Hall–Kier alpha value is -0.860. The summed E-state index contributed by atoms with van der Waals surface area (Å²) in [7, 11) is 0. The van der Waals surface area contributed by atoms with Gasteiger partial charge >= 0.3 is 0 Å². The van der Waals surface area contributed by atoms with Gasteiger partial charge in [-0.1, -0.05) is 30.3 Å². The summed E-state index contributed by atoms with van der Waals surface area (Å²) in [5.74, 6) is 0.393. The largest absolute Gasteiger partial charge is 0.313 e. The third-order valence-electron chi connectivity index (χ3n) is 2.64.